The van der Waals surface area contributed by atoms with Crippen molar-refractivity contribution in [3.05, 3.63) is 106 Å². The average molecular weight is 485 g/mol. The Balaban J connectivity index is 1.66. The zero-order valence-corrected chi connectivity index (χ0v) is 20.7. The molecule has 1 unspecified atom stereocenters. The monoisotopic (exact) mass is 484 g/mol. The Bertz CT molecular complexity index is 1460. The second kappa shape index (κ2) is 9.04. The van der Waals surface area contributed by atoms with Crippen LogP contribution < -0.4 is 10.2 Å². The Morgan fingerprint density at radius 3 is 2.43 bits per heavy atom. The van der Waals surface area contributed by atoms with E-state index in [1.165, 1.54) is 0 Å². The summed E-state index contributed by atoms with van der Waals surface area (Å²) in [5, 5.41) is 7.94. The lowest BCUT2D eigenvalue weighted by Gasteiger charge is -2.35. The fourth-order valence-corrected chi connectivity index (χ4v) is 4.48. The normalized spacial score (nSPS) is 16.0. The standard InChI is InChI=1S/C28H25ClN4O2/c1-16-8-11-20(12-9-16)26-31-27(35-32-26)24-19(4)33(23-13-10-17(2)18(3)14-23)28(34)30-25(24)21-6-5-7-22(29)15-21/h5-15,25H,1-4H3,(H,30,34). The molecular weight excluding hydrogens is 460 g/mol. The molecule has 0 bridgehead atoms. The number of nitrogens with one attached hydrogen (secondary N) is 1. The zero-order valence-electron chi connectivity index (χ0n) is 20.0. The molecular formula is C28H25ClN4O2. The summed E-state index contributed by atoms with van der Waals surface area (Å²) in [5.41, 5.74) is 7.28. The molecule has 1 aromatic heterocycles. The summed E-state index contributed by atoms with van der Waals surface area (Å²) in [4.78, 5) is 19.8. The minimum atomic E-state index is -0.504. The van der Waals surface area contributed by atoms with Crippen molar-refractivity contribution in [2.75, 3.05) is 4.90 Å². The van der Waals surface area contributed by atoms with E-state index >= 15 is 0 Å². The molecule has 176 valence electrons. The molecule has 1 atom stereocenters. The second-order valence-electron chi connectivity index (χ2n) is 8.83. The van der Waals surface area contributed by atoms with Gasteiger partial charge in [0.1, 0.15) is 0 Å². The predicted molar refractivity (Wildman–Crippen MR) is 138 cm³/mol. The van der Waals surface area contributed by atoms with E-state index in [0.717, 1.165) is 39.1 Å². The molecule has 4 aromatic rings. The number of aromatic nitrogens is 2. The van der Waals surface area contributed by atoms with Crippen LogP contribution in [0.2, 0.25) is 5.02 Å². The number of rotatable bonds is 4. The molecule has 35 heavy (non-hydrogen) atoms. The number of benzene rings is 3. The van der Waals surface area contributed by atoms with Gasteiger partial charge in [-0.2, -0.15) is 4.98 Å². The lowest BCUT2D eigenvalue weighted by molar-refractivity contribution is 0.244. The van der Waals surface area contributed by atoms with E-state index < -0.39 is 6.04 Å². The van der Waals surface area contributed by atoms with Crippen LogP contribution >= 0.6 is 11.6 Å². The van der Waals surface area contributed by atoms with Gasteiger partial charge < -0.3 is 9.84 Å². The minimum absolute atomic E-state index is 0.238. The third kappa shape index (κ3) is 4.33. The number of hydrogen-bond acceptors (Lipinski definition) is 4. The maximum Gasteiger partial charge on any atom is 0.326 e. The molecule has 0 spiro atoms. The van der Waals surface area contributed by atoms with Crippen molar-refractivity contribution >= 4 is 28.9 Å². The van der Waals surface area contributed by atoms with Crippen LogP contribution in [-0.2, 0) is 0 Å². The molecule has 0 radical (unpaired) electrons. The van der Waals surface area contributed by atoms with Gasteiger partial charge >= 0.3 is 6.03 Å². The first-order chi connectivity index (χ1) is 16.8. The minimum Gasteiger partial charge on any atom is -0.334 e. The number of halogens is 1. The molecule has 0 saturated carbocycles. The van der Waals surface area contributed by atoms with E-state index in [2.05, 4.69) is 10.5 Å². The van der Waals surface area contributed by atoms with Crippen LogP contribution in [0.3, 0.4) is 0 Å². The maximum absolute atomic E-state index is 13.4. The highest BCUT2D eigenvalue weighted by atomic mass is 35.5. The fourth-order valence-electron chi connectivity index (χ4n) is 4.28. The lowest BCUT2D eigenvalue weighted by Crippen LogP contribution is -2.46. The number of allylic oxidation sites excluding steroid dienone is 1. The molecule has 2 heterocycles. The zero-order chi connectivity index (χ0) is 24.7. The molecule has 7 heteroatoms. The largest absolute Gasteiger partial charge is 0.334 e. The first kappa shape index (κ1) is 22.9. The van der Waals surface area contributed by atoms with Crippen LogP contribution in [0.15, 0.2) is 77.0 Å². The van der Waals surface area contributed by atoms with Gasteiger partial charge in [0.25, 0.3) is 5.89 Å². The van der Waals surface area contributed by atoms with E-state index in [-0.39, 0.29) is 6.03 Å². The van der Waals surface area contributed by atoms with Crippen LogP contribution in [-0.4, -0.2) is 16.2 Å². The molecule has 1 aliphatic rings. The van der Waals surface area contributed by atoms with E-state index in [4.69, 9.17) is 21.1 Å². The third-order valence-corrected chi connectivity index (χ3v) is 6.62. The second-order valence-corrected chi connectivity index (χ2v) is 9.27. The summed E-state index contributed by atoms with van der Waals surface area (Å²) in [6, 6.07) is 20.6. The van der Waals surface area contributed by atoms with Gasteiger partial charge in [-0.15, -0.1) is 0 Å². The van der Waals surface area contributed by atoms with Crippen molar-refractivity contribution in [2.45, 2.75) is 33.7 Å². The first-order valence-corrected chi connectivity index (χ1v) is 11.7. The topological polar surface area (TPSA) is 71.3 Å². The van der Waals surface area contributed by atoms with Crippen LogP contribution in [0, 0.1) is 20.8 Å². The molecule has 3 aromatic carbocycles. The van der Waals surface area contributed by atoms with Crippen LogP contribution in [0.5, 0.6) is 0 Å². The Hall–Kier alpha value is -3.90. The molecule has 6 nitrogen and oxygen atoms in total. The number of nitrogens with zero attached hydrogens (tertiary/aromatic N) is 3. The highest BCUT2D eigenvalue weighted by Crippen LogP contribution is 2.39. The average Bonchev–Trinajstić information content (AvgIpc) is 3.31. The summed E-state index contributed by atoms with van der Waals surface area (Å²) in [6.07, 6.45) is 0. The number of hydrogen-bond donors (Lipinski definition) is 1. The van der Waals surface area contributed by atoms with Crippen LogP contribution in [0.4, 0.5) is 10.5 Å². The van der Waals surface area contributed by atoms with Crippen molar-refractivity contribution in [3.63, 3.8) is 0 Å². The fraction of sp³-hybridized carbons (Fsp3) is 0.179. The number of carbonyl (C=O) groups excluding carboxylic acids is 1. The van der Waals surface area contributed by atoms with Crippen molar-refractivity contribution in [3.8, 4) is 11.4 Å². The number of anilines is 1. The van der Waals surface area contributed by atoms with Gasteiger partial charge in [0.05, 0.1) is 17.3 Å². The highest BCUT2D eigenvalue weighted by molar-refractivity contribution is 6.30. The van der Waals surface area contributed by atoms with E-state index in [1.807, 2.05) is 88.4 Å². The van der Waals surface area contributed by atoms with Gasteiger partial charge in [-0.1, -0.05) is 64.8 Å². The third-order valence-electron chi connectivity index (χ3n) is 6.38. The maximum atomic E-state index is 13.4. The van der Waals surface area contributed by atoms with Crippen molar-refractivity contribution < 1.29 is 9.32 Å². The Morgan fingerprint density at radius 1 is 0.943 bits per heavy atom. The Labute approximate surface area is 209 Å². The summed E-state index contributed by atoms with van der Waals surface area (Å²) >= 11 is 6.29. The van der Waals surface area contributed by atoms with E-state index in [1.54, 1.807) is 11.0 Å². The number of carbonyl (C=O) groups is 1. The van der Waals surface area contributed by atoms with Gasteiger partial charge in [-0.05, 0) is 68.7 Å². The van der Waals surface area contributed by atoms with Gasteiger partial charge in [0, 0.05) is 16.3 Å². The van der Waals surface area contributed by atoms with Gasteiger partial charge in [-0.3, -0.25) is 4.90 Å². The number of urea groups is 1. The van der Waals surface area contributed by atoms with Crippen molar-refractivity contribution in [1.82, 2.24) is 15.5 Å². The molecule has 5 rings (SSSR count). The summed E-state index contributed by atoms with van der Waals surface area (Å²) in [7, 11) is 0. The smallest absolute Gasteiger partial charge is 0.326 e. The number of aryl methyl sites for hydroxylation is 3. The number of amides is 2. The van der Waals surface area contributed by atoms with Crippen LogP contribution in [0.1, 0.15) is 41.1 Å². The lowest BCUT2D eigenvalue weighted by atomic mass is 9.94. The van der Waals surface area contributed by atoms with Crippen molar-refractivity contribution in [1.29, 1.82) is 0 Å². The Morgan fingerprint density at radius 2 is 1.71 bits per heavy atom. The molecule has 0 saturated heterocycles. The molecule has 2 amide bonds. The molecule has 1 N–H and O–H groups in total. The summed E-state index contributed by atoms with van der Waals surface area (Å²) in [6.45, 7) is 8.00. The van der Waals surface area contributed by atoms with Gasteiger partial charge in [-0.25, -0.2) is 4.79 Å². The summed E-state index contributed by atoms with van der Waals surface area (Å²) < 4.78 is 5.77. The van der Waals surface area contributed by atoms with Crippen molar-refractivity contribution in [2.24, 2.45) is 0 Å². The summed E-state index contributed by atoms with van der Waals surface area (Å²) in [5.74, 6) is 0.830. The predicted octanol–water partition coefficient (Wildman–Crippen LogP) is 7.02. The van der Waals surface area contributed by atoms with E-state index in [0.29, 0.717) is 22.4 Å². The highest BCUT2D eigenvalue weighted by Gasteiger charge is 2.36. The SMILES string of the molecule is CC1=C(c2nc(-c3ccc(C)cc3)no2)C(c2cccc(Cl)c2)NC(=O)N1c1ccc(C)c(C)c1. The van der Waals surface area contributed by atoms with Crippen LogP contribution in [0.25, 0.3) is 17.0 Å². The molecule has 0 fully saturated rings. The first-order valence-electron chi connectivity index (χ1n) is 11.4. The van der Waals surface area contributed by atoms with Gasteiger partial charge in [0.15, 0.2) is 0 Å². The quantitative estimate of drug-likeness (QED) is 0.338. The van der Waals surface area contributed by atoms with E-state index in [9.17, 15) is 4.79 Å². The Kier molecular flexibility index (Phi) is 5.91. The molecule has 0 aliphatic carbocycles. The van der Waals surface area contributed by atoms with Gasteiger partial charge in [0.2, 0.25) is 5.82 Å². The molecule has 1 aliphatic heterocycles.